The number of nitrogens with one attached hydrogen (secondary N) is 1. The van der Waals surface area contributed by atoms with Crippen LogP contribution >= 0.6 is 11.6 Å². The molecule has 1 atom stereocenters. The number of fused-ring (bicyclic) bond motifs is 1. The summed E-state index contributed by atoms with van der Waals surface area (Å²) in [7, 11) is 0. The zero-order valence-electron chi connectivity index (χ0n) is 19.3. The highest BCUT2D eigenvalue weighted by molar-refractivity contribution is 6.31. The summed E-state index contributed by atoms with van der Waals surface area (Å²) in [6, 6.07) is 7.02. The molecule has 0 saturated carbocycles. The van der Waals surface area contributed by atoms with Gasteiger partial charge in [0, 0.05) is 29.7 Å². The second-order valence-corrected chi connectivity index (χ2v) is 8.57. The second kappa shape index (κ2) is 9.96. The highest BCUT2D eigenvalue weighted by Crippen LogP contribution is 2.36. The number of amides is 1. The number of carboxylic acids is 1. The van der Waals surface area contributed by atoms with Crippen LogP contribution in [0.2, 0.25) is 5.02 Å². The summed E-state index contributed by atoms with van der Waals surface area (Å²) in [5, 5.41) is 16.4. The number of carbonyl (C=O) groups is 2. The van der Waals surface area contributed by atoms with Crippen LogP contribution in [0, 0.1) is 11.8 Å². The van der Waals surface area contributed by atoms with Crippen molar-refractivity contribution < 1.29 is 37.5 Å². The Morgan fingerprint density at radius 3 is 2.65 bits per heavy atom. The number of rotatable bonds is 5. The summed E-state index contributed by atoms with van der Waals surface area (Å²) in [4.78, 5) is 32.6. The maximum Gasteiger partial charge on any atom is 0.412 e. The smallest absolute Gasteiger partial charge is 0.412 e. The zero-order valence-corrected chi connectivity index (χ0v) is 20.1. The van der Waals surface area contributed by atoms with E-state index in [0.717, 1.165) is 0 Å². The molecular formula is C24H19ClN4O8. The van der Waals surface area contributed by atoms with Crippen LogP contribution in [0.3, 0.4) is 0 Å². The SMILES string of the molecule is CC(OC(=O)Nc1cnoc1C#Cc1nc2oc(C3(C(=O)O)CCOCC3)nc2o1)c1ccccc1Cl. The van der Waals surface area contributed by atoms with Gasteiger partial charge in [0.15, 0.2) is 0 Å². The van der Waals surface area contributed by atoms with Crippen molar-refractivity contribution in [2.24, 2.45) is 0 Å². The lowest BCUT2D eigenvalue weighted by Gasteiger charge is -2.29. The van der Waals surface area contributed by atoms with Crippen LogP contribution in [0.4, 0.5) is 10.5 Å². The Morgan fingerprint density at radius 2 is 1.92 bits per heavy atom. The molecule has 1 unspecified atom stereocenters. The first kappa shape index (κ1) is 24.4. The molecule has 0 radical (unpaired) electrons. The normalized spacial score (nSPS) is 15.5. The molecular weight excluding hydrogens is 508 g/mol. The maximum atomic E-state index is 12.4. The molecule has 3 aromatic heterocycles. The number of aromatic nitrogens is 3. The van der Waals surface area contributed by atoms with Gasteiger partial charge in [-0.15, -0.1) is 0 Å². The standard InChI is InChI=1S/C24H19ClN4O8/c1-13(14-4-2-3-5-15(14)25)34-23(32)27-16-12-26-37-17(16)6-7-18-28-19-20(35-18)29-21(36-19)24(22(30)31)8-10-33-11-9-24/h2-5,12-13H,8-11H2,1H3,(H,27,32)(H,30,31). The van der Waals surface area contributed by atoms with Gasteiger partial charge in [-0.3, -0.25) is 10.1 Å². The maximum absolute atomic E-state index is 12.4. The lowest BCUT2D eigenvalue weighted by Crippen LogP contribution is -2.41. The highest BCUT2D eigenvalue weighted by atomic mass is 35.5. The highest BCUT2D eigenvalue weighted by Gasteiger charge is 2.47. The summed E-state index contributed by atoms with van der Waals surface area (Å²) in [5.41, 5.74) is -0.451. The molecule has 37 heavy (non-hydrogen) atoms. The topological polar surface area (TPSA) is 163 Å². The third-order valence-corrected chi connectivity index (χ3v) is 6.20. The molecule has 1 aliphatic rings. The van der Waals surface area contributed by atoms with Gasteiger partial charge in [0.2, 0.25) is 11.7 Å². The van der Waals surface area contributed by atoms with E-state index in [1.54, 1.807) is 31.2 Å². The number of ether oxygens (including phenoxy) is 2. The molecule has 1 aromatic carbocycles. The van der Waals surface area contributed by atoms with Crippen molar-refractivity contribution >= 4 is 40.8 Å². The molecule has 4 aromatic rings. The average molecular weight is 527 g/mol. The minimum absolute atomic E-state index is 0.00955. The Labute approximate surface area is 213 Å². The van der Waals surface area contributed by atoms with Gasteiger partial charge in [-0.25, -0.2) is 4.79 Å². The summed E-state index contributed by atoms with van der Waals surface area (Å²) < 4.78 is 26.8. The van der Waals surface area contributed by atoms with E-state index in [0.29, 0.717) is 10.6 Å². The molecule has 1 fully saturated rings. The first-order chi connectivity index (χ1) is 17.9. The Morgan fingerprint density at radius 1 is 1.16 bits per heavy atom. The molecule has 12 nitrogen and oxygen atoms in total. The van der Waals surface area contributed by atoms with Gasteiger partial charge in [-0.2, -0.15) is 9.97 Å². The van der Waals surface area contributed by atoms with Gasteiger partial charge in [0.1, 0.15) is 17.2 Å². The summed E-state index contributed by atoms with van der Waals surface area (Å²) in [6.45, 7) is 2.24. The van der Waals surface area contributed by atoms with Crippen LogP contribution < -0.4 is 5.32 Å². The molecule has 0 bridgehead atoms. The van der Waals surface area contributed by atoms with Crippen LogP contribution in [0.5, 0.6) is 0 Å². The van der Waals surface area contributed by atoms with Crippen molar-refractivity contribution in [2.75, 3.05) is 18.5 Å². The van der Waals surface area contributed by atoms with Crippen molar-refractivity contribution in [2.45, 2.75) is 31.3 Å². The molecule has 190 valence electrons. The van der Waals surface area contributed by atoms with Crippen LogP contribution in [0.15, 0.2) is 43.8 Å². The fourth-order valence-corrected chi connectivity index (χ4v) is 4.13. The first-order valence-electron chi connectivity index (χ1n) is 11.1. The van der Waals surface area contributed by atoms with Crippen LogP contribution in [0.1, 0.15) is 49.0 Å². The van der Waals surface area contributed by atoms with Gasteiger partial charge in [-0.1, -0.05) is 35.0 Å². The summed E-state index contributed by atoms with van der Waals surface area (Å²) in [6.07, 6.45) is 0.340. The third kappa shape index (κ3) is 4.87. The van der Waals surface area contributed by atoms with Crippen LogP contribution in [-0.2, 0) is 19.7 Å². The Bertz CT molecular complexity index is 1490. The minimum Gasteiger partial charge on any atom is -0.480 e. The van der Waals surface area contributed by atoms with E-state index in [2.05, 4.69) is 32.3 Å². The van der Waals surface area contributed by atoms with Crippen molar-refractivity contribution in [3.63, 3.8) is 0 Å². The zero-order chi connectivity index (χ0) is 26.0. The number of carbonyl (C=O) groups excluding carboxylic acids is 1. The van der Waals surface area contributed by atoms with Crippen molar-refractivity contribution in [3.8, 4) is 11.8 Å². The molecule has 1 amide bonds. The molecule has 1 aliphatic heterocycles. The van der Waals surface area contributed by atoms with E-state index in [1.165, 1.54) is 6.20 Å². The molecule has 0 spiro atoms. The molecule has 0 aliphatic carbocycles. The van der Waals surface area contributed by atoms with Crippen molar-refractivity contribution in [1.29, 1.82) is 0 Å². The van der Waals surface area contributed by atoms with E-state index >= 15 is 0 Å². The monoisotopic (exact) mass is 526 g/mol. The average Bonchev–Trinajstić information content (AvgIpc) is 3.58. The predicted molar refractivity (Wildman–Crippen MR) is 126 cm³/mol. The number of halogens is 1. The van der Waals surface area contributed by atoms with Crippen LogP contribution in [-0.4, -0.2) is 45.5 Å². The molecule has 1 saturated heterocycles. The van der Waals surface area contributed by atoms with E-state index in [4.69, 9.17) is 34.4 Å². The fourth-order valence-electron chi connectivity index (χ4n) is 3.84. The van der Waals surface area contributed by atoms with Crippen molar-refractivity contribution in [3.05, 3.63) is 58.6 Å². The number of hydrogen-bond acceptors (Lipinski definition) is 10. The summed E-state index contributed by atoms with van der Waals surface area (Å²) >= 11 is 6.15. The number of benzene rings is 1. The van der Waals surface area contributed by atoms with Gasteiger partial charge < -0.3 is 27.9 Å². The van der Waals surface area contributed by atoms with Gasteiger partial charge in [0.25, 0.3) is 17.3 Å². The number of hydrogen-bond donors (Lipinski definition) is 2. The number of anilines is 1. The Balaban J connectivity index is 1.28. The van der Waals surface area contributed by atoms with E-state index in [-0.39, 0.29) is 60.7 Å². The minimum atomic E-state index is -1.30. The first-order valence-corrected chi connectivity index (χ1v) is 11.5. The van der Waals surface area contributed by atoms with Gasteiger partial charge in [-0.05, 0) is 31.8 Å². The quantitative estimate of drug-likeness (QED) is 0.356. The van der Waals surface area contributed by atoms with E-state index in [1.807, 2.05) is 0 Å². The fraction of sp³-hybridized carbons (Fsp3) is 0.292. The Kier molecular flexibility index (Phi) is 6.56. The number of oxazole rings is 2. The predicted octanol–water partition coefficient (Wildman–Crippen LogP) is 4.30. The second-order valence-electron chi connectivity index (χ2n) is 8.16. The van der Waals surface area contributed by atoms with E-state index in [9.17, 15) is 14.7 Å². The van der Waals surface area contributed by atoms with E-state index < -0.39 is 23.6 Å². The van der Waals surface area contributed by atoms with Crippen LogP contribution in [0.25, 0.3) is 11.4 Å². The van der Waals surface area contributed by atoms with Crippen molar-refractivity contribution in [1.82, 2.24) is 15.1 Å². The third-order valence-electron chi connectivity index (χ3n) is 5.86. The lowest BCUT2D eigenvalue weighted by atomic mass is 9.80. The Hall–Kier alpha value is -4.34. The number of carboxylic acid groups (broad SMARTS) is 1. The largest absolute Gasteiger partial charge is 0.480 e. The molecule has 13 heteroatoms. The number of nitrogens with zero attached hydrogens (tertiary/aromatic N) is 3. The lowest BCUT2D eigenvalue weighted by molar-refractivity contribution is -0.149. The molecule has 4 heterocycles. The number of aliphatic carboxylic acids is 1. The molecule has 2 N–H and O–H groups in total. The van der Waals surface area contributed by atoms with Gasteiger partial charge >= 0.3 is 12.1 Å². The summed E-state index contributed by atoms with van der Waals surface area (Å²) in [5.74, 6) is 4.22. The van der Waals surface area contributed by atoms with Gasteiger partial charge in [0.05, 0.1) is 6.20 Å². The molecule has 5 rings (SSSR count).